The molecule has 0 aromatic heterocycles. The molecule has 8 rings (SSSR count). The van der Waals surface area contributed by atoms with Crippen molar-refractivity contribution in [3.05, 3.63) is 58.1 Å². The number of fused-ring (bicyclic) bond motifs is 3. The molecule has 0 saturated carbocycles. The van der Waals surface area contributed by atoms with E-state index in [9.17, 15) is 32.3 Å². The van der Waals surface area contributed by atoms with Crippen LogP contribution in [0.1, 0.15) is 55.2 Å². The summed E-state index contributed by atoms with van der Waals surface area (Å²) in [6.45, 7) is 7.34. The number of piperidine rings is 2. The van der Waals surface area contributed by atoms with Crippen molar-refractivity contribution in [2.75, 3.05) is 103 Å². The largest absolute Gasteiger partial charge is 0.463 e. The lowest BCUT2D eigenvalue weighted by Gasteiger charge is -2.46. The Morgan fingerprint density at radius 1 is 0.873 bits per heavy atom. The van der Waals surface area contributed by atoms with E-state index in [1.165, 1.54) is 11.0 Å². The quantitative estimate of drug-likeness (QED) is 0.241. The number of likely N-dealkylation sites (tertiary alicyclic amines) is 1. The van der Waals surface area contributed by atoms with Gasteiger partial charge in [-0.05, 0) is 74.3 Å². The highest BCUT2D eigenvalue weighted by molar-refractivity contribution is 6.33. The number of piperazine rings is 1. The molecule has 0 spiro atoms. The fourth-order valence-corrected chi connectivity index (χ4v) is 10.6. The number of carbonyl (C=O) groups is 4. The Morgan fingerprint density at radius 3 is 2.27 bits per heavy atom. The summed E-state index contributed by atoms with van der Waals surface area (Å²) < 4.78 is 58.9. The van der Waals surface area contributed by atoms with Crippen molar-refractivity contribution in [1.29, 1.82) is 0 Å². The number of para-hydroxylation sites is 1. The van der Waals surface area contributed by atoms with Crippen LogP contribution in [-0.2, 0) is 42.8 Å². The smallest absolute Gasteiger partial charge is 0.418 e. The first-order chi connectivity index (χ1) is 30.3. The van der Waals surface area contributed by atoms with E-state index in [2.05, 4.69) is 20.0 Å². The highest BCUT2D eigenvalue weighted by atomic mass is 35.5. The Balaban J connectivity index is 0.867. The second kappa shape index (κ2) is 19.8. The third-order valence-electron chi connectivity index (χ3n) is 13.8. The number of urea groups is 1. The van der Waals surface area contributed by atoms with Crippen LogP contribution in [0.2, 0.25) is 5.02 Å². The van der Waals surface area contributed by atoms with Crippen LogP contribution >= 0.6 is 11.6 Å². The second-order valence-electron chi connectivity index (χ2n) is 17.6. The van der Waals surface area contributed by atoms with Crippen LogP contribution in [-0.4, -0.2) is 175 Å². The molecule has 5 saturated heterocycles. The number of carbonyl (C=O) groups excluding carboxylic acids is 4. The van der Waals surface area contributed by atoms with Crippen LogP contribution in [0.5, 0.6) is 0 Å². The molecule has 2 bridgehead atoms. The molecule has 15 nitrogen and oxygen atoms in total. The van der Waals surface area contributed by atoms with Gasteiger partial charge in [0.25, 0.3) is 5.91 Å². The molecule has 3 atom stereocenters. The third kappa shape index (κ3) is 10.8. The van der Waals surface area contributed by atoms with Crippen molar-refractivity contribution in [3.8, 4) is 0 Å². The zero-order valence-corrected chi connectivity index (χ0v) is 36.3. The van der Waals surface area contributed by atoms with Gasteiger partial charge in [0.15, 0.2) is 6.10 Å². The van der Waals surface area contributed by atoms with Gasteiger partial charge in [-0.25, -0.2) is 9.59 Å². The first-order valence-corrected chi connectivity index (χ1v) is 22.7. The van der Waals surface area contributed by atoms with Crippen LogP contribution in [0, 0.1) is 0 Å². The Kier molecular flexibility index (Phi) is 14.2. The van der Waals surface area contributed by atoms with E-state index in [4.69, 9.17) is 31.5 Å². The lowest BCUT2D eigenvalue weighted by Crippen LogP contribution is -2.58. The van der Waals surface area contributed by atoms with Crippen molar-refractivity contribution >= 4 is 47.0 Å². The summed E-state index contributed by atoms with van der Waals surface area (Å²) in [5.74, 6) is -0.697. The molecule has 6 aliphatic rings. The van der Waals surface area contributed by atoms with E-state index in [0.717, 1.165) is 56.1 Å². The van der Waals surface area contributed by atoms with Crippen molar-refractivity contribution in [3.63, 3.8) is 0 Å². The summed E-state index contributed by atoms with van der Waals surface area (Å²) in [7, 11) is 0. The zero-order valence-electron chi connectivity index (χ0n) is 35.5. The molecule has 19 heteroatoms. The van der Waals surface area contributed by atoms with Gasteiger partial charge < -0.3 is 40.0 Å². The minimum atomic E-state index is -4.80. The van der Waals surface area contributed by atoms with E-state index >= 15 is 0 Å². The number of nitrogens with zero attached hydrogens (tertiary/aromatic N) is 6. The summed E-state index contributed by atoms with van der Waals surface area (Å²) in [4.78, 5) is 65.9. The predicted octanol–water partition coefficient (Wildman–Crippen LogP) is 4.56. The molecule has 0 aliphatic carbocycles. The number of morpholine rings is 1. The topological polar surface area (TPSA) is 153 Å². The summed E-state index contributed by atoms with van der Waals surface area (Å²) >= 11 is 6.18. The molecule has 2 aromatic carbocycles. The van der Waals surface area contributed by atoms with Gasteiger partial charge in [0.2, 0.25) is 0 Å². The number of hydrogen-bond acceptors (Lipinski definition) is 11. The number of hydrogen-bond donors (Lipinski definition) is 2. The van der Waals surface area contributed by atoms with Crippen LogP contribution in [0.25, 0.3) is 0 Å². The highest BCUT2D eigenvalue weighted by Crippen LogP contribution is 2.39. The van der Waals surface area contributed by atoms with Gasteiger partial charge in [-0.1, -0.05) is 29.8 Å². The summed E-state index contributed by atoms with van der Waals surface area (Å²) in [6, 6.07) is 10.3. The molecule has 0 radical (unpaired) electrons. The van der Waals surface area contributed by atoms with Gasteiger partial charge in [0, 0.05) is 102 Å². The van der Waals surface area contributed by atoms with Gasteiger partial charge in [0.05, 0.1) is 36.0 Å². The Hall–Kier alpha value is -4.36. The number of rotatable bonds is 11. The fourth-order valence-electron chi connectivity index (χ4n) is 10.3. The SMILES string of the molecule is Nc1c(Cl)cc(C[C@@H](OC(=O)N2CCC(N3CCc4ccccc4NC3=O)CC2)C(=O)N2CCN(C3CC4CCC(C3)N4CC(=O)OCCN3CCOCC3)CC2)cc1C(F)(F)F. The van der Waals surface area contributed by atoms with E-state index in [-0.39, 0.29) is 72.8 Å². The van der Waals surface area contributed by atoms with Crippen LogP contribution in [0.3, 0.4) is 0 Å². The fraction of sp³-hybridized carbons (Fsp3) is 0.636. The number of alkyl halides is 3. The molecule has 344 valence electrons. The van der Waals surface area contributed by atoms with Crippen molar-refractivity contribution < 1.29 is 46.6 Å². The number of benzene rings is 2. The maximum Gasteiger partial charge on any atom is 0.418 e. The first-order valence-electron chi connectivity index (χ1n) is 22.3. The van der Waals surface area contributed by atoms with Gasteiger partial charge in [0.1, 0.15) is 6.61 Å². The lowest BCUT2D eigenvalue weighted by atomic mass is 9.95. The molecular formula is C44H58ClF3N8O7. The number of nitrogens with one attached hydrogen (secondary N) is 1. The minimum absolute atomic E-state index is 0.0569. The molecule has 5 fully saturated rings. The number of ether oxygens (including phenoxy) is 3. The average molecular weight is 903 g/mol. The van der Waals surface area contributed by atoms with E-state index in [0.29, 0.717) is 78.4 Å². The molecular weight excluding hydrogens is 845 g/mol. The number of amides is 4. The van der Waals surface area contributed by atoms with Gasteiger partial charge >= 0.3 is 24.3 Å². The van der Waals surface area contributed by atoms with Crippen molar-refractivity contribution in [2.24, 2.45) is 0 Å². The Morgan fingerprint density at radius 2 is 1.57 bits per heavy atom. The third-order valence-corrected chi connectivity index (χ3v) is 14.1. The Labute approximate surface area is 370 Å². The second-order valence-corrected chi connectivity index (χ2v) is 18.0. The predicted molar refractivity (Wildman–Crippen MR) is 228 cm³/mol. The maximum atomic E-state index is 14.3. The molecule has 6 heterocycles. The minimum Gasteiger partial charge on any atom is -0.463 e. The molecule has 2 aromatic rings. The van der Waals surface area contributed by atoms with Crippen molar-refractivity contribution in [1.82, 2.24) is 29.4 Å². The van der Waals surface area contributed by atoms with E-state index in [1.807, 2.05) is 24.3 Å². The molecule has 63 heavy (non-hydrogen) atoms. The number of esters is 1. The van der Waals surface area contributed by atoms with Crippen LogP contribution < -0.4 is 11.1 Å². The van der Waals surface area contributed by atoms with Crippen LogP contribution in [0.15, 0.2) is 36.4 Å². The zero-order chi connectivity index (χ0) is 44.3. The first kappa shape index (κ1) is 45.2. The number of anilines is 2. The summed E-state index contributed by atoms with van der Waals surface area (Å²) in [5, 5.41) is 2.68. The number of nitrogens with two attached hydrogens (primary N) is 1. The number of nitrogen functional groups attached to an aromatic ring is 1. The number of halogens is 4. The molecule has 2 unspecified atom stereocenters. The highest BCUT2D eigenvalue weighted by Gasteiger charge is 2.44. The monoisotopic (exact) mass is 902 g/mol. The maximum absolute atomic E-state index is 14.3. The summed E-state index contributed by atoms with van der Waals surface area (Å²) in [6.07, 6.45) is -1.82. The van der Waals surface area contributed by atoms with E-state index in [1.54, 1.807) is 9.80 Å². The molecule has 6 aliphatic heterocycles. The standard InChI is InChI=1S/C44H58ClF3N8O7/c45-36-24-29(23-35(40(36)49)44(46,47)48)25-38(63-43(60)54-10-8-31(9-11-54)55-12-7-30-3-1-2-4-37(30)50-42(55)59)41(58)53-15-13-52(14-16-53)34-26-32-5-6-33(27-34)56(32)28-39(57)62-22-19-51-17-20-61-21-18-51/h1-4,23-24,31-34,38H,5-22,25-28,49H2,(H,50,59)/t32?,33?,34?,38-/m1/s1. The average Bonchev–Trinajstić information content (AvgIpc) is 3.40. The lowest BCUT2D eigenvalue weighted by molar-refractivity contribution is -0.147. The summed E-state index contributed by atoms with van der Waals surface area (Å²) in [5.41, 5.74) is 5.86. The van der Waals surface area contributed by atoms with Crippen LogP contribution in [0.4, 0.5) is 34.1 Å². The molecule has 4 amide bonds. The van der Waals surface area contributed by atoms with Crippen molar-refractivity contribution in [2.45, 2.75) is 87.8 Å². The Bertz CT molecular complexity index is 1960. The van der Waals surface area contributed by atoms with Gasteiger partial charge in [-0.2, -0.15) is 13.2 Å². The molecule has 3 N–H and O–H groups in total. The van der Waals surface area contributed by atoms with Gasteiger partial charge in [-0.3, -0.25) is 24.3 Å². The van der Waals surface area contributed by atoms with Gasteiger partial charge in [-0.15, -0.1) is 0 Å². The van der Waals surface area contributed by atoms with E-state index < -0.39 is 35.5 Å². The normalized spacial score (nSPS) is 24.7.